The number of hydrogen-bond acceptors (Lipinski definition) is 3. The van der Waals surface area contributed by atoms with Crippen LogP contribution in [0.2, 0.25) is 0 Å². The fraction of sp³-hybridized carbons (Fsp3) is 0.750. The van der Waals surface area contributed by atoms with Gasteiger partial charge in [0, 0.05) is 38.4 Å². The summed E-state index contributed by atoms with van der Waals surface area (Å²) < 4.78 is 27.9. The Morgan fingerprint density at radius 1 is 1.32 bits per heavy atom. The highest BCUT2D eigenvalue weighted by Crippen LogP contribution is 2.24. The Morgan fingerprint density at radius 2 is 2.00 bits per heavy atom. The van der Waals surface area contributed by atoms with Crippen LogP contribution in [0, 0.1) is 0 Å². The van der Waals surface area contributed by atoms with E-state index in [0.717, 1.165) is 31.2 Å². The van der Waals surface area contributed by atoms with Crippen LogP contribution in [0.3, 0.4) is 0 Å². The highest BCUT2D eigenvalue weighted by molar-refractivity contribution is 7.86. The van der Waals surface area contributed by atoms with Crippen LogP contribution >= 0.6 is 0 Å². The van der Waals surface area contributed by atoms with Gasteiger partial charge in [-0.15, -0.1) is 0 Å². The van der Waals surface area contributed by atoms with E-state index in [1.54, 1.807) is 26.5 Å². The topological polar surface area (TPSA) is 69.3 Å². The fourth-order valence-corrected chi connectivity index (χ4v) is 3.90. The lowest BCUT2D eigenvalue weighted by atomic mass is 9.96. The highest BCUT2D eigenvalue weighted by Gasteiger charge is 2.30. The third-order valence-electron chi connectivity index (χ3n) is 3.81. The number of H-pyrrole nitrogens is 1. The minimum atomic E-state index is -3.39. The third-order valence-corrected chi connectivity index (χ3v) is 5.75. The number of aromatic nitrogens is 2. The summed E-state index contributed by atoms with van der Waals surface area (Å²) in [6.45, 7) is 0.343. The molecular weight excluding hydrogens is 264 g/mol. The molecule has 0 aromatic carbocycles. The maximum Gasteiger partial charge on any atom is 0.282 e. The van der Waals surface area contributed by atoms with E-state index in [2.05, 4.69) is 10.2 Å². The molecule has 1 saturated carbocycles. The molecule has 0 amide bonds. The molecule has 1 aromatic heterocycles. The van der Waals surface area contributed by atoms with Crippen LogP contribution in [0.15, 0.2) is 12.4 Å². The van der Waals surface area contributed by atoms with Gasteiger partial charge in [0.2, 0.25) is 0 Å². The minimum absolute atomic E-state index is 0.144. The molecule has 0 saturated heterocycles. The summed E-state index contributed by atoms with van der Waals surface area (Å²) in [6.07, 6.45) is 8.75. The van der Waals surface area contributed by atoms with Gasteiger partial charge in [0.15, 0.2) is 0 Å². The Balaban J connectivity index is 2.03. The molecule has 1 aromatic rings. The van der Waals surface area contributed by atoms with Gasteiger partial charge in [0.25, 0.3) is 10.2 Å². The maximum absolute atomic E-state index is 12.5. The molecule has 1 heterocycles. The summed E-state index contributed by atoms with van der Waals surface area (Å²) in [6, 6.07) is 0.144. The molecule has 0 aliphatic heterocycles. The Morgan fingerprint density at radius 3 is 2.58 bits per heavy atom. The van der Waals surface area contributed by atoms with Gasteiger partial charge in [-0.3, -0.25) is 5.10 Å². The van der Waals surface area contributed by atoms with E-state index >= 15 is 0 Å². The van der Waals surface area contributed by atoms with E-state index in [1.165, 1.54) is 15.0 Å². The second-order valence-corrected chi connectivity index (χ2v) is 7.27. The van der Waals surface area contributed by atoms with Gasteiger partial charge in [0.1, 0.15) is 0 Å². The summed E-state index contributed by atoms with van der Waals surface area (Å²) in [5.74, 6) is 0. The Kier molecular flexibility index (Phi) is 4.59. The molecule has 1 N–H and O–H groups in total. The number of hydrogen-bond donors (Lipinski definition) is 1. The lowest BCUT2D eigenvalue weighted by Gasteiger charge is -2.33. The molecule has 19 heavy (non-hydrogen) atoms. The number of nitrogens with one attached hydrogen (secondary N) is 1. The number of aromatic amines is 1. The summed E-state index contributed by atoms with van der Waals surface area (Å²) in [7, 11) is -0.0853. The van der Waals surface area contributed by atoms with Crippen molar-refractivity contribution < 1.29 is 8.42 Å². The smallest absolute Gasteiger partial charge is 0.282 e. The van der Waals surface area contributed by atoms with Gasteiger partial charge in [-0.1, -0.05) is 19.3 Å². The zero-order valence-electron chi connectivity index (χ0n) is 11.5. The molecule has 2 rings (SSSR count). The molecule has 0 radical (unpaired) electrons. The van der Waals surface area contributed by atoms with Gasteiger partial charge in [-0.05, 0) is 12.8 Å². The van der Waals surface area contributed by atoms with Crippen molar-refractivity contribution in [3.8, 4) is 0 Å². The molecule has 1 fully saturated rings. The van der Waals surface area contributed by atoms with Crippen molar-refractivity contribution in [2.75, 3.05) is 14.1 Å². The molecule has 0 bridgehead atoms. The Bertz CT molecular complexity index is 480. The molecule has 0 atom stereocenters. The third kappa shape index (κ3) is 3.34. The first-order chi connectivity index (χ1) is 9.01. The van der Waals surface area contributed by atoms with Crippen LogP contribution in [0.4, 0.5) is 0 Å². The molecule has 108 valence electrons. The Hall–Kier alpha value is -0.920. The zero-order chi connectivity index (χ0) is 13.9. The minimum Gasteiger partial charge on any atom is -0.285 e. The zero-order valence-corrected chi connectivity index (χ0v) is 12.4. The fourth-order valence-electron chi connectivity index (χ4n) is 2.56. The molecular formula is C12H22N4O2S. The van der Waals surface area contributed by atoms with Crippen LogP contribution in [0.1, 0.15) is 37.7 Å². The number of rotatable bonds is 5. The van der Waals surface area contributed by atoms with Crippen molar-refractivity contribution >= 4 is 10.2 Å². The van der Waals surface area contributed by atoms with Crippen LogP contribution in [0.25, 0.3) is 0 Å². The van der Waals surface area contributed by atoms with Crippen molar-refractivity contribution in [3.05, 3.63) is 18.0 Å². The molecule has 6 nitrogen and oxygen atoms in total. The molecule has 0 spiro atoms. The maximum atomic E-state index is 12.5. The molecule has 1 aliphatic carbocycles. The summed E-state index contributed by atoms with van der Waals surface area (Å²) >= 11 is 0. The van der Waals surface area contributed by atoms with Gasteiger partial charge in [0.05, 0.1) is 6.20 Å². The van der Waals surface area contributed by atoms with Crippen LogP contribution in [-0.4, -0.2) is 47.4 Å². The molecule has 0 unspecified atom stereocenters. The Labute approximate surface area is 115 Å². The second-order valence-electron chi connectivity index (χ2n) is 5.18. The second kappa shape index (κ2) is 6.02. The van der Waals surface area contributed by atoms with Crippen molar-refractivity contribution in [1.82, 2.24) is 18.8 Å². The average molecular weight is 286 g/mol. The molecule has 7 heteroatoms. The predicted molar refractivity (Wildman–Crippen MR) is 73.6 cm³/mol. The van der Waals surface area contributed by atoms with Gasteiger partial charge >= 0.3 is 0 Å². The highest BCUT2D eigenvalue weighted by atomic mass is 32.2. The lowest BCUT2D eigenvalue weighted by molar-refractivity contribution is 0.268. The van der Waals surface area contributed by atoms with Crippen molar-refractivity contribution in [3.63, 3.8) is 0 Å². The predicted octanol–water partition coefficient (Wildman–Crippen LogP) is 1.35. The van der Waals surface area contributed by atoms with E-state index < -0.39 is 10.2 Å². The summed E-state index contributed by atoms with van der Waals surface area (Å²) in [5, 5.41) is 6.53. The molecule has 1 aliphatic rings. The van der Waals surface area contributed by atoms with E-state index in [1.807, 2.05) is 0 Å². The van der Waals surface area contributed by atoms with Crippen molar-refractivity contribution in [1.29, 1.82) is 0 Å². The van der Waals surface area contributed by atoms with E-state index in [0.29, 0.717) is 6.54 Å². The van der Waals surface area contributed by atoms with Crippen LogP contribution in [0.5, 0.6) is 0 Å². The monoisotopic (exact) mass is 286 g/mol. The van der Waals surface area contributed by atoms with E-state index in [9.17, 15) is 8.42 Å². The summed E-state index contributed by atoms with van der Waals surface area (Å²) in [5.41, 5.74) is 0.864. The van der Waals surface area contributed by atoms with Gasteiger partial charge < -0.3 is 0 Å². The average Bonchev–Trinajstić information content (AvgIpc) is 2.91. The van der Waals surface area contributed by atoms with Crippen molar-refractivity contribution in [2.45, 2.75) is 44.7 Å². The first-order valence-electron chi connectivity index (χ1n) is 6.69. The van der Waals surface area contributed by atoms with Gasteiger partial charge in [-0.2, -0.15) is 22.1 Å². The quantitative estimate of drug-likeness (QED) is 0.888. The normalized spacial score (nSPS) is 18.3. The van der Waals surface area contributed by atoms with E-state index in [4.69, 9.17) is 0 Å². The van der Waals surface area contributed by atoms with Crippen LogP contribution in [-0.2, 0) is 16.8 Å². The van der Waals surface area contributed by atoms with Crippen molar-refractivity contribution in [2.24, 2.45) is 0 Å². The summed E-state index contributed by atoms with van der Waals surface area (Å²) in [4.78, 5) is 0. The first-order valence-corrected chi connectivity index (χ1v) is 8.08. The van der Waals surface area contributed by atoms with Gasteiger partial charge in [-0.25, -0.2) is 0 Å². The number of nitrogens with zero attached hydrogens (tertiary/aromatic N) is 3. The van der Waals surface area contributed by atoms with E-state index in [-0.39, 0.29) is 6.04 Å². The standard InChI is InChI=1S/C12H22N4O2S/c1-15(10-11-8-13-14-9-11)19(17,18)16(2)12-6-4-3-5-7-12/h8-9,12H,3-7,10H2,1-2H3,(H,13,14). The SMILES string of the molecule is CN(Cc1cn[nH]c1)S(=O)(=O)N(C)C1CCCCC1. The largest absolute Gasteiger partial charge is 0.285 e. The first kappa shape index (κ1) is 14.5. The lowest BCUT2D eigenvalue weighted by Crippen LogP contribution is -2.45. The van der Waals surface area contributed by atoms with Crippen LogP contribution < -0.4 is 0 Å².